The predicted octanol–water partition coefficient (Wildman–Crippen LogP) is 3.90. The lowest BCUT2D eigenvalue weighted by Gasteiger charge is -2.23. The van der Waals surface area contributed by atoms with Crippen LogP contribution in [0, 0.1) is 6.92 Å². The Hall–Kier alpha value is -1.09. The van der Waals surface area contributed by atoms with Crippen LogP contribution in [0.5, 0.6) is 0 Å². The minimum absolute atomic E-state index is 0.571. The first kappa shape index (κ1) is 11.0. The largest absolute Gasteiger partial charge is 0.329 e. The number of hydrogen-bond donors (Lipinski definition) is 0. The summed E-state index contributed by atoms with van der Waals surface area (Å²) in [5.74, 6) is 0. The smallest absolute Gasteiger partial charge is 0.145 e. The highest BCUT2D eigenvalue weighted by atomic mass is 35.5. The van der Waals surface area contributed by atoms with Crippen molar-refractivity contribution in [3.63, 3.8) is 0 Å². The average molecular weight is 250 g/mol. The van der Waals surface area contributed by atoms with Crippen LogP contribution in [0.2, 0.25) is 5.15 Å². The maximum Gasteiger partial charge on any atom is 0.145 e. The second-order valence-corrected chi connectivity index (χ2v) is 5.23. The molecule has 0 amide bonds. The van der Waals surface area contributed by atoms with Gasteiger partial charge in [-0.3, -0.25) is 0 Å². The summed E-state index contributed by atoms with van der Waals surface area (Å²) in [5.41, 5.74) is 2.17. The van der Waals surface area contributed by atoms with Crippen molar-refractivity contribution in [2.45, 2.75) is 45.1 Å². The molecular formula is C13H16ClN3. The molecule has 1 aliphatic carbocycles. The zero-order chi connectivity index (χ0) is 11.8. The highest BCUT2D eigenvalue weighted by Crippen LogP contribution is 2.33. The molecule has 0 aromatic carbocycles. The molecule has 0 saturated heterocycles. The molecule has 90 valence electrons. The molecular weight excluding hydrogens is 234 g/mol. The molecule has 3 nitrogen and oxygen atoms in total. The van der Waals surface area contributed by atoms with Crippen LogP contribution in [0.25, 0.3) is 11.0 Å². The summed E-state index contributed by atoms with van der Waals surface area (Å²) in [6, 6.07) is 0.589. The fraction of sp³-hybridized carbons (Fsp3) is 0.538. The van der Waals surface area contributed by atoms with E-state index in [2.05, 4.69) is 27.7 Å². The zero-order valence-electron chi connectivity index (χ0n) is 9.99. The van der Waals surface area contributed by atoms with E-state index < -0.39 is 0 Å². The van der Waals surface area contributed by atoms with E-state index >= 15 is 0 Å². The van der Waals surface area contributed by atoms with E-state index in [1.165, 1.54) is 37.7 Å². The zero-order valence-corrected chi connectivity index (χ0v) is 10.7. The topological polar surface area (TPSA) is 30.7 Å². The lowest BCUT2D eigenvalue weighted by atomic mass is 9.95. The lowest BCUT2D eigenvalue weighted by Crippen LogP contribution is -2.12. The Balaban J connectivity index is 2.13. The van der Waals surface area contributed by atoms with Gasteiger partial charge in [0.1, 0.15) is 17.1 Å². The molecule has 0 radical (unpaired) electrons. The van der Waals surface area contributed by atoms with Crippen LogP contribution in [-0.2, 0) is 0 Å². The molecule has 0 aliphatic heterocycles. The van der Waals surface area contributed by atoms with E-state index in [4.69, 9.17) is 11.6 Å². The minimum atomic E-state index is 0.571. The standard InChI is InChI=1S/C13H16ClN3/c1-9-7-17(10-5-3-2-4-6-10)13-11(9)12(14)15-8-16-13/h7-8,10H,2-6H2,1H3. The summed E-state index contributed by atoms with van der Waals surface area (Å²) in [4.78, 5) is 8.47. The molecule has 1 saturated carbocycles. The Bertz CT molecular complexity index is 541. The Morgan fingerprint density at radius 1 is 1.24 bits per heavy atom. The number of aryl methyl sites for hydroxylation is 1. The van der Waals surface area contributed by atoms with Crippen molar-refractivity contribution in [3.8, 4) is 0 Å². The second kappa shape index (κ2) is 4.30. The third-order valence-electron chi connectivity index (χ3n) is 3.72. The third kappa shape index (κ3) is 1.82. The van der Waals surface area contributed by atoms with Crippen LogP contribution < -0.4 is 0 Å². The molecule has 0 N–H and O–H groups in total. The fourth-order valence-electron chi connectivity index (χ4n) is 2.86. The molecule has 2 aromatic rings. The molecule has 3 rings (SSSR count). The molecule has 0 spiro atoms. The summed E-state index contributed by atoms with van der Waals surface area (Å²) in [6.45, 7) is 2.08. The first-order valence-electron chi connectivity index (χ1n) is 6.25. The third-order valence-corrected chi connectivity index (χ3v) is 4.01. The van der Waals surface area contributed by atoms with Gasteiger partial charge >= 0.3 is 0 Å². The first-order valence-corrected chi connectivity index (χ1v) is 6.63. The van der Waals surface area contributed by atoms with Gasteiger partial charge in [0.05, 0.1) is 5.39 Å². The fourth-order valence-corrected chi connectivity index (χ4v) is 3.14. The average Bonchev–Trinajstić information content (AvgIpc) is 2.69. The Labute approximate surface area is 106 Å². The normalized spacial score (nSPS) is 17.8. The predicted molar refractivity (Wildman–Crippen MR) is 69.4 cm³/mol. The van der Waals surface area contributed by atoms with E-state index in [1.54, 1.807) is 6.33 Å². The van der Waals surface area contributed by atoms with Crippen LogP contribution in [0.15, 0.2) is 12.5 Å². The van der Waals surface area contributed by atoms with E-state index in [9.17, 15) is 0 Å². The lowest BCUT2D eigenvalue weighted by molar-refractivity contribution is 0.359. The summed E-state index contributed by atoms with van der Waals surface area (Å²) in [6.07, 6.45) is 10.3. The number of nitrogens with zero attached hydrogens (tertiary/aromatic N) is 3. The van der Waals surface area contributed by atoms with E-state index in [1.807, 2.05) is 0 Å². The second-order valence-electron chi connectivity index (χ2n) is 4.87. The number of fused-ring (bicyclic) bond motifs is 1. The van der Waals surface area contributed by atoms with Gasteiger partial charge in [-0.15, -0.1) is 0 Å². The number of halogens is 1. The van der Waals surface area contributed by atoms with Crippen LogP contribution in [0.3, 0.4) is 0 Å². The van der Waals surface area contributed by atoms with Gasteiger partial charge in [-0.2, -0.15) is 0 Å². The van der Waals surface area contributed by atoms with Gasteiger partial charge in [0, 0.05) is 12.2 Å². The van der Waals surface area contributed by atoms with E-state index in [0.29, 0.717) is 11.2 Å². The maximum atomic E-state index is 6.15. The summed E-state index contributed by atoms with van der Waals surface area (Å²) in [5, 5.41) is 1.58. The number of rotatable bonds is 1. The van der Waals surface area contributed by atoms with Gasteiger partial charge in [0.25, 0.3) is 0 Å². The van der Waals surface area contributed by atoms with Crippen molar-refractivity contribution in [1.82, 2.24) is 14.5 Å². The molecule has 2 heterocycles. The molecule has 0 atom stereocenters. The molecule has 0 bridgehead atoms. The Morgan fingerprint density at radius 2 is 2.00 bits per heavy atom. The quantitative estimate of drug-likeness (QED) is 0.718. The van der Waals surface area contributed by atoms with Crippen LogP contribution in [-0.4, -0.2) is 14.5 Å². The SMILES string of the molecule is Cc1cn(C2CCCCC2)c2ncnc(Cl)c12. The molecule has 17 heavy (non-hydrogen) atoms. The highest BCUT2D eigenvalue weighted by molar-refractivity contribution is 6.34. The van der Waals surface area contributed by atoms with Crippen molar-refractivity contribution in [2.24, 2.45) is 0 Å². The minimum Gasteiger partial charge on any atom is -0.329 e. The van der Waals surface area contributed by atoms with Gasteiger partial charge in [-0.25, -0.2) is 9.97 Å². The van der Waals surface area contributed by atoms with Crippen LogP contribution in [0.1, 0.15) is 43.7 Å². The Morgan fingerprint density at radius 3 is 2.76 bits per heavy atom. The molecule has 1 fully saturated rings. The molecule has 0 unspecified atom stereocenters. The summed E-state index contributed by atoms with van der Waals surface area (Å²) >= 11 is 6.15. The number of hydrogen-bond acceptors (Lipinski definition) is 2. The first-order chi connectivity index (χ1) is 8.27. The van der Waals surface area contributed by atoms with Gasteiger partial charge in [0.2, 0.25) is 0 Å². The number of aromatic nitrogens is 3. The van der Waals surface area contributed by atoms with Gasteiger partial charge in [0.15, 0.2) is 0 Å². The molecule has 2 aromatic heterocycles. The Kier molecular flexibility index (Phi) is 2.79. The monoisotopic (exact) mass is 249 g/mol. The summed E-state index contributed by atoms with van der Waals surface area (Å²) in [7, 11) is 0. The van der Waals surface area contributed by atoms with Crippen LogP contribution in [0.4, 0.5) is 0 Å². The van der Waals surface area contributed by atoms with Crippen molar-refractivity contribution in [2.75, 3.05) is 0 Å². The van der Waals surface area contributed by atoms with Crippen LogP contribution >= 0.6 is 11.6 Å². The van der Waals surface area contributed by atoms with E-state index in [0.717, 1.165) is 11.0 Å². The molecule has 1 aliphatic rings. The van der Waals surface area contributed by atoms with Crippen molar-refractivity contribution < 1.29 is 0 Å². The van der Waals surface area contributed by atoms with Crippen molar-refractivity contribution in [3.05, 3.63) is 23.2 Å². The highest BCUT2D eigenvalue weighted by Gasteiger charge is 2.19. The van der Waals surface area contributed by atoms with E-state index in [-0.39, 0.29) is 0 Å². The van der Waals surface area contributed by atoms with Gasteiger partial charge in [-0.1, -0.05) is 30.9 Å². The van der Waals surface area contributed by atoms with Crippen molar-refractivity contribution in [1.29, 1.82) is 0 Å². The van der Waals surface area contributed by atoms with Gasteiger partial charge < -0.3 is 4.57 Å². The summed E-state index contributed by atoms with van der Waals surface area (Å²) < 4.78 is 2.30. The molecule has 4 heteroatoms. The maximum absolute atomic E-state index is 6.15. The van der Waals surface area contributed by atoms with Gasteiger partial charge in [-0.05, 0) is 25.3 Å². The van der Waals surface area contributed by atoms with Crippen molar-refractivity contribution >= 4 is 22.6 Å².